The first-order valence-corrected chi connectivity index (χ1v) is 8.53. The van der Waals surface area contributed by atoms with Crippen LogP contribution < -0.4 is 5.32 Å². The van der Waals surface area contributed by atoms with Gasteiger partial charge in [0.25, 0.3) is 0 Å². The van der Waals surface area contributed by atoms with Crippen LogP contribution in [0.4, 0.5) is 0 Å². The van der Waals surface area contributed by atoms with Gasteiger partial charge in [0, 0.05) is 0 Å². The van der Waals surface area contributed by atoms with Gasteiger partial charge in [-0.15, -0.1) is 0 Å². The van der Waals surface area contributed by atoms with Crippen molar-refractivity contribution in [2.24, 2.45) is 0 Å². The number of rotatable bonds is 8. The van der Waals surface area contributed by atoms with Crippen molar-refractivity contribution in [3.8, 4) is 0 Å². The van der Waals surface area contributed by atoms with Crippen LogP contribution in [0.25, 0.3) is 0 Å². The fourth-order valence-corrected chi connectivity index (χ4v) is 2.98. The second-order valence-electron chi connectivity index (χ2n) is 6.26. The summed E-state index contributed by atoms with van der Waals surface area (Å²) in [5, 5.41) is 3.29. The van der Waals surface area contributed by atoms with Crippen molar-refractivity contribution in [3.63, 3.8) is 0 Å². The van der Waals surface area contributed by atoms with Crippen LogP contribution in [0.15, 0.2) is 54.6 Å². The highest BCUT2D eigenvalue weighted by Gasteiger charge is 2.13. The van der Waals surface area contributed by atoms with E-state index in [2.05, 4.69) is 73.8 Å². The van der Waals surface area contributed by atoms with Gasteiger partial charge in [-0.1, -0.05) is 68.4 Å². The molecule has 0 aliphatic carbocycles. The molecule has 2 aromatic rings. The molecule has 2 rings (SSSR count). The summed E-state index contributed by atoms with van der Waals surface area (Å²) in [6.07, 6.45) is 3.50. The SMILES string of the molecule is CCC(C)c1cccc(CC(CCNC)c2ccccc2)c1. The predicted octanol–water partition coefficient (Wildman–Crippen LogP) is 5.14. The van der Waals surface area contributed by atoms with Gasteiger partial charge in [0.15, 0.2) is 0 Å². The molecule has 0 aliphatic heterocycles. The second kappa shape index (κ2) is 8.75. The zero-order chi connectivity index (χ0) is 15.8. The van der Waals surface area contributed by atoms with Crippen LogP contribution in [0.1, 0.15) is 55.2 Å². The quantitative estimate of drug-likeness (QED) is 0.711. The van der Waals surface area contributed by atoms with Crippen molar-refractivity contribution >= 4 is 0 Å². The van der Waals surface area contributed by atoms with Crippen LogP contribution >= 0.6 is 0 Å². The fraction of sp³-hybridized carbons (Fsp3) is 0.429. The van der Waals surface area contributed by atoms with Gasteiger partial charge in [-0.05, 0) is 61.4 Å². The van der Waals surface area contributed by atoms with Crippen molar-refractivity contribution in [1.82, 2.24) is 5.32 Å². The Labute approximate surface area is 135 Å². The Morgan fingerprint density at radius 2 is 1.68 bits per heavy atom. The monoisotopic (exact) mass is 295 g/mol. The van der Waals surface area contributed by atoms with Gasteiger partial charge in [-0.3, -0.25) is 0 Å². The summed E-state index contributed by atoms with van der Waals surface area (Å²) in [5.74, 6) is 1.23. The molecule has 1 N–H and O–H groups in total. The van der Waals surface area contributed by atoms with E-state index in [1.165, 1.54) is 29.5 Å². The van der Waals surface area contributed by atoms with E-state index < -0.39 is 0 Å². The summed E-state index contributed by atoms with van der Waals surface area (Å²) in [6.45, 7) is 5.64. The van der Waals surface area contributed by atoms with Crippen LogP contribution in [-0.4, -0.2) is 13.6 Å². The number of benzene rings is 2. The lowest BCUT2D eigenvalue weighted by molar-refractivity contribution is 0.592. The highest BCUT2D eigenvalue weighted by atomic mass is 14.8. The van der Waals surface area contributed by atoms with Gasteiger partial charge in [0.1, 0.15) is 0 Å². The Morgan fingerprint density at radius 3 is 2.36 bits per heavy atom. The molecule has 0 bridgehead atoms. The molecule has 1 nitrogen and oxygen atoms in total. The van der Waals surface area contributed by atoms with E-state index in [-0.39, 0.29) is 0 Å². The molecular weight excluding hydrogens is 266 g/mol. The molecule has 0 spiro atoms. The largest absolute Gasteiger partial charge is 0.320 e. The minimum Gasteiger partial charge on any atom is -0.320 e. The minimum atomic E-state index is 0.584. The third kappa shape index (κ3) is 4.71. The fourth-order valence-electron chi connectivity index (χ4n) is 2.98. The van der Waals surface area contributed by atoms with Crippen molar-refractivity contribution in [3.05, 3.63) is 71.3 Å². The molecule has 0 heterocycles. The van der Waals surface area contributed by atoms with Crippen LogP contribution in [0.3, 0.4) is 0 Å². The lowest BCUT2D eigenvalue weighted by atomic mass is 9.87. The van der Waals surface area contributed by atoms with Crippen molar-refractivity contribution in [1.29, 1.82) is 0 Å². The van der Waals surface area contributed by atoms with Crippen LogP contribution in [0.2, 0.25) is 0 Å². The smallest absolute Gasteiger partial charge is 0.00460 e. The van der Waals surface area contributed by atoms with E-state index >= 15 is 0 Å². The first-order chi connectivity index (χ1) is 10.7. The van der Waals surface area contributed by atoms with Gasteiger partial charge in [-0.2, -0.15) is 0 Å². The lowest BCUT2D eigenvalue weighted by Crippen LogP contribution is -2.14. The van der Waals surface area contributed by atoms with Crippen molar-refractivity contribution < 1.29 is 0 Å². The van der Waals surface area contributed by atoms with E-state index in [0.29, 0.717) is 11.8 Å². The Morgan fingerprint density at radius 1 is 0.955 bits per heavy atom. The molecule has 22 heavy (non-hydrogen) atoms. The second-order valence-corrected chi connectivity index (χ2v) is 6.26. The van der Waals surface area contributed by atoms with E-state index in [0.717, 1.165) is 13.0 Å². The molecule has 0 fully saturated rings. The zero-order valence-electron chi connectivity index (χ0n) is 14.2. The molecule has 2 aromatic carbocycles. The molecule has 1 heteroatoms. The highest BCUT2D eigenvalue weighted by molar-refractivity contribution is 5.29. The third-order valence-corrected chi connectivity index (χ3v) is 4.63. The maximum absolute atomic E-state index is 3.29. The summed E-state index contributed by atoms with van der Waals surface area (Å²) in [7, 11) is 2.03. The normalized spacial score (nSPS) is 13.8. The van der Waals surface area contributed by atoms with Crippen LogP contribution in [0, 0.1) is 0 Å². The Bertz CT molecular complexity index is 547. The number of nitrogens with one attached hydrogen (secondary N) is 1. The van der Waals surface area contributed by atoms with E-state index in [1.54, 1.807) is 0 Å². The first-order valence-electron chi connectivity index (χ1n) is 8.53. The summed E-state index contributed by atoms with van der Waals surface area (Å²) in [5.41, 5.74) is 4.38. The van der Waals surface area contributed by atoms with Gasteiger partial charge in [-0.25, -0.2) is 0 Å². The van der Waals surface area contributed by atoms with Gasteiger partial charge < -0.3 is 5.32 Å². The minimum absolute atomic E-state index is 0.584. The molecule has 0 saturated carbocycles. The molecule has 0 saturated heterocycles. The molecule has 2 atom stereocenters. The third-order valence-electron chi connectivity index (χ3n) is 4.63. The maximum atomic E-state index is 3.29. The summed E-state index contributed by atoms with van der Waals surface area (Å²) in [4.78, 5) is 0. The topological polar surface area (TPSA) is 12.0 Å². The average molecular weight is 295 g/mol. The van der Waals surface area contributed by atoms with Crippen LogP contribution in [0.5, 0.6) is 0 Å². The molecule has 2 unspecified atom stereocenters. The maximum Gasteiger partial charge on any atom is -0.00460 e. The number of hydrogen-bond acceptors (Lipinski definition) is 1. The molecule has 0 radical (unpaired) electrons. The Hall–Kier alpha value is -1.60. The molecule has 0 aromatic heterocycles. The molecule has 0 aliphatic rings. The first kappa shape index (κ1) is 16.8. The average Bonchev–Trinajstić information content (AvgIpc) is 2.59. The highest BCUT2D eigenvalue weighted by Crippen LogP contribution is 2.26. The standard InChI is InChI=1S/C21H29N/c1-4-17(2)20-12-8-9-18(15-20)16-21(13-14-22-3)19-10-6-5-7-11-19/h5-12,15,17,21-22H,4,13-14,16H2,1-3H3. The van der Waals surface area contributed by atoms with Crippen molar-refractivity contribution in [2.75, 3.05) is 13.6 Å². The summed E-state index contributed by atoms with van der Waals surface area (Å²) < 4.78 is 0. The predicted molar refractivity (Wildman–Crippen MR) is 96.6 cm³/mol. The molecule has 0 amide bonds. The van der Waals surface area contributed by atoms with Gasteiger partial charge >= 0.3 is 0 Å². The van der Waals surface area contributed by atoms with E-state index in [4.69, 9.17) is 0 Å². The van der Waals surface area contributed by atoms with Crippen molar-refractivity contribution in [2.45, 2.75) is 44.9 Å². The summed E-state index contributed by atoms with van der Waals surface area (Å²) in [6, 6.07) is 20.1. The number of hydrogen-bond donors (Lipinski definition) is 1. The zero-order valence-corrected chi connectivity index (χ0v) is 14.2. The lowest BCUT2D eigenvalue weighted by Gasteiger charge is -2.19. The Balaban J connectivity index is 2.16. The van der Waals surface area contributed by atoms with Gasteiger partial charge in [0.2, 0.25) is 0 Å². The molecule has 118 valence electrons. The Kier molecular flexibility index (Phi) is 6.67. The van der Waals surface area contributed by atoms with Crippen LogP contribution in [-0.2, 0) is 6.42 Å². The van der Waals surface area contributed by atoms with Gasteiger partial charge in [0.05, 0.1) is 0 Å². The van der Waals surface area contributed by atoms with E-state index in [9.17, 15) is 0 Å². The summed E-state index contributed by atoms with van der Waals surface area (Å²) >= 11 is 0. The van der Waals surface area contributed by atoms with E-state index in [1.807, 2.05) is 7.05 Å². The molecular formula is C21H29N.